The molecule has 1 N–H and O–H groups in total. The zero-order chi connectivity index (χ0) is 9.42. The highest BCUT2D eigenvalue weighted by atomic mass is 16.4. The first-order valence-electron chi connectivity index (χ1n) is 3.90. The molecule has 0 saturated carbocycles. The molecule has 3 nitrogen and oxygen atoms in total. The smallest absolute Gasteiger partial charge is 0.336 e. The van der Waals surface area contributed by atoms with Gasteiger partial charge in [0.25, 0.3) is 0 Å². The molecule has 0 aliphatic heterocycles. The van der Waals surface area contributed by atoms with Crippen LogP contribution in [0.4, 0.5) is 0 Å². The summed E-state index contributed by atoms with van der Waals surface area (Å²) >= 11 is 0. The maximum Gasteiger partial charge on any atom is 0.336 e. The van der Waals surface area contributed by atoms with Crippen molar-refractivity contribution in [1.29, 1.82) is 0 Å². The van der Waals surface area contributed by atoms with Crippen LogP contribution in [0.2, 0.25) is 0 Å². The molecular formula is C10H8O3. The van der Waals surface area contributed by atoms with E-state index in [1.165, 1.54) is 12.1 Å². The van der Waals surface area contributed by atoms with E-state index in [9.17, 15) is 9.90 Å². The third kappa shape index (κ3) is 1.28. The van der Waals surface area contributed by atoms with Crippen LogP contribution in [0, 0.1) is 6.92 Å². The van der Waals surface area contributed by atoms with Gasteiger partial charge in [-0.2, -0.15) is 0 Å². The van der Waals surface area contributed by atoms with Crippen LogP contribution < -0.4 is 5.63 Å². The Hall–Kier alpha value is -1.77. The van der Waals surface area contributed by atoms with E-state index < -0.39 is 0 Å². The van der Waals surface area contributed by atoms with Gasteiger partial charge in [-0.1, -0.05) is 0 Å². The van der Waals surface area contributed by atoms with E-state index in [1.54, 1.807) is 19.1 Å². The first kappa shape index (κ1) is 7.86. The number of aromatic hydroxyl groups is 1. The van der Waals surface area contributed by atoms with Gasteiger partial charge in [0.05, 0.1) is 0 Å². The number of phenolic OH excluding ortho intramolecular Hbond substituents is 1. The van der Waals surface area contributed by atoms with Crippen molar-refractivity contribution in [3.63, 3.8) is 0 Å². The molecular weight excluding hydrogens is 168 g/mol. The lowest BCUT2D eigenvalue weighted by Crippen LogP contribution is -1.97. The average Bonchev–Trinajstić information content (AvgIpc) is 2.06. The van der Waals surface area contributed by atoms with Crippen molar-refractivity contribution in [3.8, 4) is 5.75 Å². The number of benzene rings is 1. The van der Waals surface area contributed by atoms with Crippen molar-refractivity contribution in [3.05, 3.63) is 40.2 Å². The fourth-order valence-electron chi connectivity index (χ4n) is 1.31. The minimum Gasteiger partial charge on any atom is -0.508 e. The molecule has 0 unspecified atom stereocenters. The van der Waals surface area contributed by atoms with E-state index in [2.05, 4.69) is 0 Å². The summed E-state index contributed by atoms with van der Waals surface area (Å²) in [7, 11) is 0. The normalized spacial score (nSPS) is 10.5. The molecule has 0 spiro atoms. The van der Waals surface area contributed by atoms with Gasteiger partial charge in [0.2, 0.25) is 0 Å². The van der Waals surface area contributed by atoms with Crippen molar-refractivity contribution in [2.24, 2.45) is 0 Å². The van der Waals surface area contributed by atoms with Crippen LogP contribution in [0.1, 0.15) is 5.56 Å². The van der Waals surface area contributed by atoms with E-state index in [1.807, 2.05) is 0 Å². The fourth-order valence-corrected chi connectivity index (χ4v) is 1.31. The van der Waals surface area contributed by atoms with Crippen molar-refractivity contribution in [2.75, 3.05) is 0 Å². The van der Waals surface area contributed by atoms with Gasteiger partial charge in [-0.25, -0.2) is 4.79 Å². The summed E-state index contributed by atoms with van der Waals surface area (Å²) in [5, 5.41) is 9.97. The Morgan fingerprint density at radius 1 is 1.31 bits per heavy atom. The predicted octanol–water partition coefficient (Wildman–Crippen LogP) is 1.81. The van der Waals surface area contributed by atoms with Gasteiger partial charge in [-0.15, -0.1) is 0 Å². The second-order valence-electron chi connectivity index (χ2n) is 2.93. The largest absolute Gasteiger partial charge is 0.508 e. The van der Waals surface area contributed by atoms with Crippen LogP contribution in [0.3, 0.4) is 0 Å². The first-order chi connectivity index (χ1) is 6.16. The Morgan fingerprint density at radius 3 is 2.85 bits per heavy atom. The molecule has 1 heterocycles. The zero-order valence-corrected chi connectivity index (χ0v) is 7.07. The molecule has 0 radical (unpaired) electrons. The maximum absolute atomic E-state index is 11.0. The van der Waals surface area contributed by atoms with Crippen LogP contribution >= 0.6 is 0 Å². The van der Waals surface area contributed by atoms with Gasteiger partial charge < -0.3 is 9.52 Å². The lowest BCUT2D eigenvalue weighted by molar-refractivity contribution is 0.475. The number of rotatable bonds is 0. The number of fused-ring (bicyclic) bond motifs is 1. The SMILES string of the molecule is Cc1cc(=O)oc2ccc(O)cc12. The average molecular weight is 176 g/mol. The molecule has 0 amide bonds. The summed E-state index contributed by atoms with van der Waals surface area (Å²) in [6.07, 6.45) is 0. The quantitative estimate of drug-likeness (QED) is 0.623. The molecule has 0 aliphatic rings. The van der Waals surface area contributed by atoms with E-state index >= 15 is 0 Å². The van der Waals surface area contributed by atoms with Gasteiger partial charge in [0, 0.05) is 11.5 Å². The third-order valence-electron chi connectivity index (χ3n) is 1.93. The molecule has 1 aromatic carbocycles. The monoisotopic (exact) mass is 176 g/mol. The van der Waals surface area contributed by atoms with Gasteiger partial charge in [-0.05, 0) is 30.7 Å². The van der Waals surface area contributed by atoms with Gasteiger partial charge in [0.15, 0.2) is 0 Å². The number of phenols is 1. The Kier molecular flexibility index (Phi) is 1.59. The second kappa shape index (κ2) is 2.62. The molecule has 2 rings (SSSR count). The molecule has 66 valence electrons. The van der Waals surface area contributed by atoms with Crippen LogP contribution in [0.5, 0.6) is 5.75 Å². The topological polar surface area (TPSA) is 50.4 Å². The highest BCUT2D eigenvalue weighted by molar-refractivity contribution is 5.81. The van der Waals surface area contributed by atoms with Gasteiger partial charge >= 0.3 is 5.63 Å². The molecule has 1 aromatic heterocycles. The summed E-state index contributed by atoms with van der Waals surface area (Å²) in [5.74, 6) is 0.171. The van der Waals surface area contributed by atoms with E-state index in [0.29, 0.717) is 5.58 Å². The highest BCUT2D eigenvalue weighted by Crippen LogP contribution is 2.20. The number of aryl methyl sites for hydroxylation is 1. The summed E-state index contributed by atoms with van der Waals surface area (Å²) in [6, 6.07) is 6.05. The van der Waals surface area contributed by atoms with E-state index in [-0.39, 0.29) is 11.4 Å². The van der Waals surface area contributed by atoms with Crippen molar-refractivity contribution < 1.29 is 9.52 Å². The van der Waals surface area contributed by atoms with Crippen molar-refractivity contribution in [1.82, 2.24) is 0 Å². The third-order valence-corrected chi connectivity index (χ3v) is 1.93. The predicted molar refractivity (Wildman–Crippen MR) is 48.9 cm³/mol. The van der Waals surface area contributed by atoms with Crippen molar-refractivity contribution >= 4 is 11.0 Å². The summed E-state index contributed by atoms with van der Waals surface area (Å²) in [5.41, 5.74) is 0.945. The highest BCUT2D eigenvalue weighted by Gasteiger charge is 2.01. The summed E-state index contributed by atoms with van der Waals surface area (Å²) in [4.78, 5) is 11.0. The standard InChI is InChI=1S/C10H8O3/c1-6-4-10(12)13-9-3-2-7(11)5-8(6)9/h2-5,11H,1H3. The Morgan fingerprint density at radius 2 is 2.08 bits per heavy atom. The van der Waals surface area contributed by atoms with E-state index in [4.69, 9.17) is 4.42 Å². The fraction of sp³-hybridized carbons (Fsp3) is 0.100. The molecule has 3 heteroatoms. The summed E-state index contributed by atoms with van der Waals surface area (Å²) in [6.45, 7) is 1.80. The molecule has 13 heavy (non-hydrogen) atoms. The molecule has 0 saturated heterocycles. The second-order valence-corrected chi connectivity index (χ2v) is 2.93. The Labute approximate surface area is 74.2 Å². The van der Waals surface area contributed by atoms with E-state index in [0.717, 1.165) is 10.9 Å². The van der Waals surface area contributed by atoms with Crippen LogP contribution in [-0.2, 0) is 0 Å². The van der Waals surface area contributed by atoms with Crippen LogP contribution in [-0.4, -0.2) is 5.11 Å². The lowest BCUT2D eigenvalue weighted by atomic mass is 10.1. The molecule has 0 fully saturated rings. The molecule has 0 bridgehead atoms. The lowest BCUT2D eigenvalue weighted by Gasteiger charge is -1.99. The summed E-state index contributed by atoms with van der Waals surface area (Å²) < 4.78 is 4.93. The Bertz CT molecular complexity index is 511. The zero-order valence-electron chi connectivity index (χ0n) is 7.07. The molecule has 0 atom stereocenters. The first-order valence-corrected chi connectivity index (χ1v) is 3.90. The maximum atomic E-state index is 11.0. The van der Waals surface area contributed by atoms with Gasteiger partial charge in [0.1, 0.15) is 11.3 Å². The number of hydrogen-bond donors (Lipinski definition) is 1. The molecule has 2 aromatic rings. The minimum absolute atomic E-state index is 0.171. The van der Waals surface area contributed by atoms with Gasteiger partial charge in [-0.3, -0.25) is 0 Å². The molecule has 0 aliphatic carbocycles. The van der Waals surface area contributed by atoms with Crippen molar-refractivity contribution in [2.45, 2.75) is 6.92 Å². The van der Waals surface area contributed by atoms with Crippen LogP contribution in [0.15, 0.2) is 33.5 Å². The van der Waals surface area contributed by atoms with Crippen LogP contribution in [0.25, 0.3) is 11.0 Å². The minimum atomic E-state index is -0.365. The Balaban J connectivity index is 2.95. The number of hydrogen-bond acceptors (Lipinski definition) is 3.